The Balaban J connectivity index is 0.000000147. The summed E-state index contributed by atoms with van der Waals surface area (Å²) in [6.45, 7) is 16.6. The van der Waals surface area contributed by atoms with Crippen molar-refractivity contribution in [2.45, 2.75) is 37.5 Å². The van der Waals surface area contributed by atoms with Crippen LogP contribution in [-0.4, -0.2) is 99.0 Å². The molecule has 4 aromatic heterocycles. The van der Waals surface area contributed by atoms with Crippen LogP contribution in [0.5, 0.6) is 5.75 Å². The van der Waals surface area contributed by atoms with Gasteiger partial charge in [0.05, 0.1) is 31.9 Å². The van der Waals surface area contributed by atoms with Crippen molar-refractivity contribution in [1.29, 1.82) is 0 Å². The summed E-state index contributed by atoms with van der Waals surface area (Å²) >= 11 is 5.94. The van der Waals surface area contributed by atoms with Crippen LogP contribution >= 0.6 is 11.6 Å². The maximum Gasteiger partial charge on any atom is 0.238 e. The molecule has 0 aliphatic heterocycles. The Labute approximate surface area is 549 Å². The summed E-state index contributed by atoms with van der Waals surface area (Å²) < 4.78 is 50.6. The van der Waals surface area contributed by atoms with Crippen molar-refractivity contribution in [3.8, 4) is 5.75 Å². The summed E-state index contributed by atoms with van der Waals surface area (Å²) in [4.78, 5) is 23.3. The quantitative estimate of drug-likeness (QED) is 0.0333. The third-order valence-corrected chi connectivity index (χ3v) is 17.0. The molecule has 12 rings (SSSR count). The third-order valence-electron chi connectivity index (χ3n) is 14.9. The number of hydrogen-bond donors (Lipinski definition) is 7. The molecule has 0 radical (unpaired) electrons. The topological polar surface area (TPSA) is 248 Å². The van der Waals surface area contributed by atoms with Gasteiger partial charge in [0.15, 0.2) is 0 Å². The van der Waals surface area contributed by atoms with E-state index in [9.17, 15) is 16.8 Å². The number of sulfonamides is 2. The summed E-state index contributed by atoms with van der Waals surface area (Å²) in [5.41, 5.74) is 8.32. The van der Waals surface area contributed by atoms with E-state index in [4.69, 9.17) is 31.6 Å². The van der Waals surface area contributed by atoms with Gasteiger partial charge in [0.1, 0.15) is 35.6 Å². The number of aromatic nitrogens is 4. The van der Waals surface area contributed by atoms with E-state index in [2.05, 4.69) is 103 Å². The molecule has 0 atom stereocenters. The normalized spacial score (nSPS) is 11.2. The van der Waals surface area contributed by atoms with E-state index in [-0.39, 0.29) is 9.79 Å². The monoisotopic (exact) mass is 1300 g/mol. The summed E-state index contributed by atoms with van der Waals surface area (Å²) in [7, 11) is -7.33. The van der Waals surface area contributed by atoms with Gasteiger partial charge in [-0.15, -0.1) is 0 Å². The molecule has 478 valence electrons. The van der Waals surface area contributed by atoms with Crippen LogP contribution in [0.4, 0.5) is 51.7 Å². The molecule has 12 aromatic rings. The Hall–Kier alpha value is -9.77. The van der Waals surface area contributed by atoms with Crippen molar-refractivity contribution < 1.29 is 21.6 Å². The molecule has 0 aliphatic carbocycles. The number of anilines is 9. The van der Waals surface area contributed by atoms with Crippen molar-refractivity contribution in [2.24, 2.45) is 10.3 Å². The SMILES string of the molecule is CCN(CC)CCNc1cccc2nc(Nc3ccc(Cl)cc3)ccc12.CCN(CC)CCOc1ccc(Nc2ccc3ccccc3n2)cc1.NS(=O)(=O)c1ccc(Nc2ccc3ccccc3n2)cc1.NS(=O)(=O)c1ccc(Nc2ccc3ccccc3n2)cc1. The number of ether oxygens (including phenoxy) is 1. The summed E-state index contributed by atoms with van der Waals surface area (Å²) in [6, 6.07) is 73.9. The van der Waals surface area contributed by atoms with Crippen molar-refractivity contribution in [1.82, 2.24) is 29.7 Å². The molecule has 9 N–H and O–H groups in total. The Bertz CT molecular complexity index is 4450. The Morgan fingerprint density at radius 2 is 0.753 bits per heavy atom. The number of primary sulfonamides is 2. The fraction of sp³-hybridized carbons (Fsp3) is 0.167. The van der Waals surface area contributed by atoms with Crippen LogP contribution in [-0.2, 0) is 20.0 Å². The maximum absolute atomic E-state index is 11.2. The fourth-order valence-corrected chi connectivity index (χ4v) is 10.9. The van der Waals surface area contributed by atoms with E-state index in [1.54, 1.807) is 24.3 Å². The lowest BCUT2D eigenvalue weighted by Crippen LogP contribution is -2.28. The molecule has 0 bridgehead atoms. The minimum atomic E-state index is -3.66. The molecule has 0 unspecified atom stereocenters. The number of rotatable bonds is 22. The number of benzene rings is 8. The zero-order chi connectivity index (χ0) is 65.6. The van der Waals surface area contributed by atoms with E-state index in [1.165, 1.54) is 24.3 Å². The highest BCUT2D eigenvalue weighted by Gasteiger charge is 2.11. The molecule has 8 aromatic carbocycles. The first-order valence-electron chi connectivity index (χ1n) is 30.5. The van der Waals surface area contributed by atoms with E-state index in [1.807, 2.05) is 164 Å². The van der Waals surface area contributed by atoms with Gasteiger partial charge in [0.2, 0.25) is 20.0 Å². The number of nitrogens with two attached hydrogens (primary N) is 2. The van der Waals surface area contributed by atoms with Crippen LogP contribution in [0.25, 0.3) is 43.6 Å². The molecule has 18 nitrogen and oxygen atoms in total. The number of nitrogens with zero attached hydrogens (tertiary/aromatic N) is 6. The average molecular weight is 1300 g/mol. The number of fused-ring (bicyclic) bond motifs is 4. The molecule has 93 heavy (non-hydrogen) atoms. The zero-order valence-corrected chi connectivity index (χ0v) is 54.6. The van der Waals surface area contributed by atoms with Crippen molar-refractivity contribution >= 4 is 127 Å². The largest absolute Gasteiger partial charge is 0.492 e. The van der Waals surface area contributed by atoms with E-state index >= 15 is 0 Å². The average Bonchev–Trinajstić information content (AvgIpc) is 1.39. The Morgan fingerprint density at radius 1 is 0.398 bits per heavy atom. The standard InChI is InChI=1S/C21H25ClN4.C21H25N3O.2C15H13N3O2S/c1-3-26(4-2)15-14-23-19-6-5-7-20-18(19)12-13-21(25-20)24-17-10-8-16(22)9-11-17;1-3-24(4-2)15-16-25-19-12-10-18(11-13-19)22-21-14-9-17-7-5-6-8-20(17)23-21;2*16-21(19,20)13-8-6-12(7-9-13)17-15-10-5-11-3-1-2-4-14(11)18-15/h5-13,23H,3-4,14-15H2,1-2H3,(H,24,25);5-14H,3-4,15-16H2,1-2H3,(H,22,23);2*1-10H,(H,17,18)(H2,16,19,20). The molecule has 4 heterocycles. The molecule has 0 amide bonds. The molecule has 0 spiro atoms. The molecule has 0 fully saturated rings. The first kappa shape index (κ1) is 67.6. The van der Waals surface area contributed by atoms with Crippen LogP contribution in [0.2, 0.25) is 5.02 Å². The van der Waals surface area contributed by atoms with Crippen LogP contribution in [0.15, 0.2) is 246 Å². The van der Waals surface area contributed by atoms with Crippen LogP contribution in [0, 0.1) is 0 Å². The van der Waals surface area contributed by atoms with Crippen LogP contribution in [0.3, 0.4) is 0 Å². The van der Waals surface area contributed by atoms with Gasteiger partial charge in [-0.2, -0.15) is 0 Å². The van der Waals surface area contributed by atoms with E-state index < -0.39 is 20.0 Å². The number of likely N-dealkylation sites (N-methyl/N-ethyl adjacent to an activating group) is 2. The van der Waals surface area contributed by atoms with Gasteiger partial charge >= 0.3 is 0 Å². The van der Waals surface area contributed by atoms with Crippen molar-refractivity contribution in [2.75, 3.05) is 79.0 Å². The first-order valence-corrected chi connectivity index (χ1v) is 34.0. The molecular formula is C72H76ClN13O5S2. The zero-order valence-electron chi connectivity index (χ0n) is 52.2. The van der Waals surface area contributed by atoms with Gasteiger partial charge in [0, 0.05) is 74.6 Å². The number of para-hydroxylation sites is 3. The Kier molecular flexibility index (Phi) is 24.0. The second-order valence-corrected chi connectivity index (χ2v) is 24.8. The second-order valence-electron chi connectivity index (χ2n) is 21.2. The fourth-order valence-electron chi connectivity index (χ4n) is 9.72. The molecule has 21 heteroatoms. The van der Waals surface area contributed by atoms with Gasteiger partial charge in [-0.25, -0.2) is 47.0 Å². The van der Waals surface area contributed by atoms with Crippen molar-refractivity contribution in [3.05, 3.63) is 242 Å². The second kappa shape index (κ2) is 33.0. The summed E-state index contributed by atoms with van der Waals surface area (Å²) in [6.07, 6.45) is 0. The first-order chi connectivity index (χ1) is 45.0. The van der Waals surface area contributed by atoms with Gasteiger partial charge in [0.25, 0.3) is 0 Å². The smallest absolute Gasteiger partial charge is 0.238 e. The molecule has 0 saturated carbocycles. The number of pyridine rings is 4. The lowest BCUT2D eigenvalue weighted by molar-refractivity contribution is 0.223. The predicted molar refractivity (Wildman–Crippen MR) is 383 cm³/mol. The highest BCUT2D eigenvalue weighted by molar-refractivity contribution is 7.89. The van der Waals surface area contributed by atoms with Gasteiger partial charge in [-0.3, -0.25) is 0 Å². The number of hydrogen-bond acceptors (Lipinski definition) is 16. The molecule has 0 saturated heterocycles. The molecular weight excluding hydrogens is 1230 g/mol. The lowest BCUT2D eigenvalue weighted by atomic mass is 10.1. The summed E-state index contributed by atoms with van der Waals surface area (Å²) in [5.74, 6) is 3.94. The van der Waals surface area contributed by atoms with Crippen LogP contribution < -0.4 is 41.6 Å². The maximum atomic E-state index is 11.2. The Morgan fingerprint density at radius 3 is 1.16 bits per heavy atom. The van der Waals surface area contributed by atoms with Crippen molar-refractivity contribution in [3.63, 3.8) is 0 Å². The minimum Gasteiger partial charge on any atom is -0.492 e. The lowest BCUT2D eigenvalue weighted by Gasteiger charge is -2.19. The van der Waals surface area contributed by atoms with Gasteiger partial charge < -0.3 is 41.1 Å². The summed E-state index contributed by atoms with van der Waals surface area (Å²) in [5, 5.41) is 31.7. The van der Waals surface area contributed by atoms with E-state index in [0.717, 1.165) is 140 Å². The minimum absolute atomic E-state index is 0.0829. The highest BCUT2D eigenvalue weighted by atomic mass is 35.5. The van der Waals surface area contributed by atoms with Gasteiger partial charge in [-0.05, 0) is 202 Å². The number of halogens is 1. The highest BCUT2D eigenvalue weighted by Crippen LogP contribution is 2.27. The van der Waals surface area contributed by atoms with Gasteiger partial charge in [-0.1, -0.05) is 100.0 Å². The third kappa shape index (κ3) is 20.4. The number of nitrogens with one attached hydrogen (secondary N) is 5. The molecule has 0 aliphatic rings. The predicted octanol–water partition coefficient (Wildman–Crippen LogP) is 15.3. The van der Waals surface area contributed by atoms with Crippen LogP contribution in [0.1, 0.15) is 27.7 Å². The van der Waals surface area contributed by atoms with E-state index in [0.29, 0.717) is 18.2 Å².